The molecule has 0 saturated heterocycles. The molecule has 0 radical (unpaired) electrons. The maximum atomic E-state index is 13.6. The van der Waals surface area contributed by atoms with E-state index >= 15 is 0 Å². The molecule has 1 unspecified atom stereocenters. The number of halogens is 3. The van der Waals surface area contributed by atoms with E-state index in [4.69, 9.17) is 11.5 Å². The molecule has 1 atom stereocenters. The molecule has 0 spiro atoms. The van der Waals surface area contributed by atoms with E-state index in [2.05, 4.69) is 6.58 Å². The SMILES string of the molecule is C=C/C(=C\C(N)=C(/C)O)C(C(/C=C(N)\C(O)=C/C)=C/C)C(F)(F)F. The van der Waals surface area contributed by atoms with Gasteiger partial charge in [-0.05, 0) is 50.1 Å². The van der Waals surface area contributed by atoms with Crippen molar-refractivity contribution in [1.29, 1.82) is 0 Å². The molecule has 7 heteroatoms. The van der Waals surface area contributed by atoms with E-state index in [-0.39, 0.29) is 34.1 Å². The topological polar surface area (TPSA) is 92.5 Å². The Morgan fingerprint density at radius 1 is 1.04 bits per heavy atom. The fraction of sp³-hybridized carbons (Fsp3) is 0.294. The Morgan fingerprint density at radius 3 is 1.92 bits per heavy atom. The molecule has 0 rings (SSSR count). The zero-order chi connectivity index (χ0) is 19.1. The molecule has 134 valence electrons. The summed E-state index contributed by atoms with van der Waals surface area (Å²) in [4.78, 5) is 0. The number of rotatable bonds is 6. The zero-order valence-corrected chi connectivity index (χ0v) is 13.9. The molecule has 4 nitrogen and oxygen atoms in total. The van der Waals surface area contributed by atoms with E-state index in [1.807, 2.05) is 0 Å². The molecular weight excluding hydrogens is 321 g/mol. The van der Waals surface area contributed by atoms with Crippen LogP contribution < -0.4 is 11.5 Å². The summed E-state index contributed by atoms with van der Waals surface area (Å²) in [5.41, 5.74) is 10.2. The number of allylic oxidation sites excluding steroid dienone is 8. The van der Waals surface area contributed by atoms with Gasteiger partial charge in [0.25, 0.3) is 0 Å². The lowest BCUT2D eigenvalue weighted by Crippen LogP contribution is -2.26. The maximum absolute atomic E-state index is 13.6. The summed E-state index contributed by atoms with van der Waals surface area (Å²) in [5, 5.41) is 18.8. The van der Waals surface area contributed by atoms with Gasteiger partial charge in [0.15, 0.2) is 0 Å². The van der Waals surface area contributed by atoms with Crippen molar-refractivity contribution in [2.45, 2.75) is 26.9 Å². The minimum Gasteiger partial charge on any atom is -0.510 e. The molecule has 24 heavy (non-hydrogen) atoms. The Balaban J connectivity index is 6.31. The third-order valence-corrected chi connectivity index (χ3v) is 3.19. The van der Waals surface area contributed by atoms with Crippen LogP contribution in [0.1, 0.15) is 20.8 Å². The summed E-state index contributed by atoms with van der Waals surface area (Å²) in [5.74, 6) is -2.70. The summed E-state index contributed by atoms with van der Waals surface area (Å²) in [7, 11) is 0. The van der Waals surface area contributed by atoms with Crippen molar-refractivity contribution in [2.75, 3.05) is 0 Å². The average Bonchev–Trinajstić information content (AvgIpc) is 2.50. The molecule has 0 amide bonds. The Morgan fingerprint density at radius 2 is 1.58 bits per heavy atom. The minimum atomic E-state index is -4.66. The average molecular weight is 344 g/mol. The van der Waals surface area contributed by atoms with Crippen LogP contribution in [0.25, 0.3) is 0 Å². The fourth-order valence-electron chi connectivity index (χ4n) is 1.87. The second-order valence-corrected chi connectivity index (χ2v) is 4.93. The first kappa shape index (κ1) is 21.4. The van der Waals surface area contributed by atoms with Gasteiger partial charge in [-0.15, -0.1) is 0 Å². The van der Waals surface area contributed by atoms with Gasteiger partial charge in [0.1, 0.15) is 17.4 Å². The number of aliphatic hydroxyl groups is 2. The molecule has 0 aromatic carbocycles. The largest absolute Gasteiger partial charge is 0.510 e. The van der Waals surface area contributed by atoms with Gasteiger partial charge < -0.3 is 21.7 Å². The van der Waals surface area contributed by atoms with Crippen LogP contribution in [0.15, 0.2) is 71.0 Å². The normalized spacial score (nSPS) is 17.4. The van der Waals surface area contributed by atoms with Crippen LogP contribution in [0.4, 0.5) is 13.2 Å². The first-order valence-corrected chi connectivity index (χ1v) is 7.04. The number of hydrogen-bond donors (Lipinski definition) is 4. The molecule has 0 aromatic rings. The molecule has 6 N–H and O–H groups in total. The number of nitrogens with two attached hydrogens (primary N) is 2. The van der Waals surface area contributed by atoms with Gasteiger partial charge in [-0.2, -0.15) is 13.2 Å². The monoisotopic (exact) mass is 344 g/mol. The molecule has 0 aliphatic carbocycles. The van der Waals surface area contributed by atoms with Crippen LogP contribution in [0, 0.1) is 5.92 Å². The second kappa shape index (κ2) is 8.90. The zero-order valence-electron chi connectivity index (χ0n) is 13.9. The molecule has 0 bridgehead atoms. The highest BCUT2D eigenvalue weighted by Crippen LogP contribution is 2.39. The van der Waals surface area contributed by atoms with Crippen LogP contribution in [0.3, 0.4) is 0 Å². The fourth-order valence-corrected chi connectivity index (χ4v) is 1.87. The van der Waals surface area contributed by atoms with Crippen molar-refractivity contribution in [1.82, 2.24) is 0 Å². The van der Waals surface area contributed by atoms with Gasteiger partial charge in [0, 0.05) is 0 Å². The van der Waals surface area contributed by atoms with Crippen LogP contribution in [-0.2, 0) is 0 Å². The lowest BCUT2D eigenvalue weighted by molar-refractivity contribution is -0.152. The molecule has 0 aliphatic rings. The van der Waals surface area contributed by atoms with Gasteiger partial charge >= 0.3 is 6.18 Å². The predicted octanol–water partition coefficient (Wildman–Crippen LogP) is 4.28. The van der Waals surface area contributed by atoms with Crippen LogP contribution in [0.5, 0.6) is 0 Å². The van der Waals surface area contributed by atoms with Crippen molar-refractivity contribution < 1.29 is 23.4 Å². The van der Waals surface area contributed by atoms with E-state index in [1.54, 1.807) is 0 Å². The second-order valence-electron chi connectivity index (χ2n) is 4.93. The van der Waals surface area contributed by atoms with Crippen LogP contribution in [0.2, 0.25) is 0 Å². The van der Waals surface area contributed by atoms with Crippen molar-refractivity contribution in [3.05, 3.63) is 71.0 Å². The van der Waals surface area contributed by atoms with Crippen molar-refractivity contribution in [3.8, 4) is 0 Å². The first-order chi connectivity index (χ1) is 11.0. The molecule has 0 fully saturated rings. The van der Waals surface area contributed by atoms with Crippen molar-refractivity contribution in [3.63, 3.8) is 0 Å². The first-order valence-electron chi connectivity index (χ1n) is 7.04. The Hall–Kier alpha value is -2.57. The van der Waals surface area contributed by atoms with E-state index in [1.165, 1.54) is 32.9 Å². The third kappa shape index (κ3) is 5.91. The summed E-state index contributed by atoms with van der Waals surface area (Å²) in [6.07, 6.45) is 0.893. The van der Waals surface area contributed by atoms with Gasteiger partial charge in [-0.1, -0.05) is 18.7 Å². The van der Waals surface area contributed by atoms with E-state index in [9.17, 15) is 23.4 Å². The maximum Gasteiger partial charge on any atom is 0.399 e. The third-order valence-electron chi connectivity index (χ3n) is 3.19. The van der Waals surface area contributed by atoms with E-state index in [0.29, 0.717) is 0 Å². The lowest BCUT2D eigenvalue weighted by atomic mass is 9.88. The molecule has 0 heterocycles. The Kier molecular flexibility index (Phi) is 7.95. The minimum absolute atomic E-state index is 0.192. The summed E-state index contributed by atoms with van der Waals surface area (Å²) >= 11 is 0. The van der Waals surface area contributed by atoms with Gasteiger partial charge in [-0.25, -0.2) is 0 Å². The smallest absolute Gasteiger partial charge is 0.399 e. The van der Waals surface area contributed by atoms with Crippen LogP contribution in [-0.4, -0.2) is 16.4 Å². The predicted molar refractivity (Wildman–Crippen MR) is 89.8 cm³/mol. The van der Waals surface area contributed by atoms with E-state index in [0.717, 1.165) is 18.2 Å². The van der Waals surface area contributed by atoms with Crippen molar-refractivity contribution >= 4 is 0 Å². The number of alkyl halides is 3. The summed E-state index contributed by atoms with van der Waals surface area (Å²) in [6.45, 7) is 7.56. The number of aliphatic hydroxyl groups excluding tert-OH is 2. The lowest BCUT2D eigenvalue weighted by Gasteiger charge is -2.23. The van der Waals surface area contributed by atoms with Crippen molar-refractivity contribution in [2.24, 2.45) is 17.4 Å². The summed E-state index contributed by atoms with van der Waals surface area (Å²) in [6, 6.07) is 0. The molecule has 0 aliphatic heterocycles. The number of hydrogen-bond acceptors (Lipinski definition) is 4. The highest BCUT2D eigenvalue weighted by molar-refractivity contribution is 5.42. The molecule has 0 saturated carbocycles. The quantitative estimate of drug-likeness (QED) is 0.427. The van der Waals surface area contributed by atoms with Gasteiger partial charge in [0.2, 0.25) is 0 Å². The van der Waals surface area contributed by atoms with E-state index < -0.39 is 12.1 Å². The highest BCUT2D eigenvalue weighted by atomic mass is 19.4. The molecular formula is C17H23F3N2O2. The Bertz CT molecular complexity index is 620. The standard InChI is InChI=1S/C17H23F3N2O2/c1-5-11(8-13(21)10(4)23)16(17(18,19)20)12(6-2)9-14(22)15(24)7-3/h5-9,16,23-24H,1,21-22H2,2-4H3/b11-8+,12-6+,13-10-,14-9+,15-7+. The van der Waals surface area contributed by atoms with Gasteiger partial charge in [0.05, 0.1) is 11.4 Å². The van der Waals surface area contributed by atoms with Gasteiger partial charge in [-0.3, -0.25) is 0 Å². The molecule has 0 aromatic heterocycles. The van der Waals surface area contributed by atoms with Crippen LogP contribution >= 0.6 is 0 Å². The highest BCUT2D eigenvalue weighted by Gasteiger charge is 2.43. The Labute approximate surface area is 139 Å². The summed E-state index contributed by atoms with van der Waals surface area (Å²) < 4.78 is 40.7.